The maximum absolute atomic E-state index is 14.5. The zero-order chi connectivity index (χ0) is 31.9. The number of thioether (sulfide) groups is 1. The summed E-state index contributed by atoms with van der Waals surface area (Å²) in [6, 6.07) is -0.717. The number of nitrogens with one attached hydrogen (secondary N) is 2. The van der Waals surface area contributed by atoms with Gasteiger partial charge in [-0.1, -0.05) is 34.6 Å². The van der Waals surface area contributed by atoms with Crippen LogP contribution >= 0.6 is 11.8 Å². The fourth-order valence-electron chi connectivity index (χ4n) is 5.37. The third-order valence-corrected chi connectivity index (χ3v) is 8.08. The van der Waals surface area contributed by atoms with Crippen LogP contribution in [0.15, 0.2) is 6.20 Å². The Labute approximate surface area is 262 Å². The van der Waals surface area contributed by atoms with Gasteiger partial charge in [-0.25, -0.2) is 19.6 Å². The number of amides is 4. The van der Waals surface area contributed by atoms with Crippen molar-refractivity contribution in [3.05, 3.63) is 17.6 Å². The zero-order valence-corrected chi connectivity index (χ0v) is 28.5. The topological polar surface area (TPSA) is 120 Å². The van der Waals surface area contributed by atoms with Crippen LogP contribution < -0.4 is 10.6 Å². The predicted octanol–water partition coefficient (Wildman–Crippen LogP) is 4.83. The first-order chi connectivity index (χ1) is 20.1. The fourth-order valence-corrected chi connectivity index (χ4v) is 5.81. The molecule has 1 aromatic rings. The normalized spacial score (nSPS) is 19.7. The van der Waals surface area contributed by atoms with E-state index in [0.29, 0.717) is 62.9 Å². The van der Waals surface area contributed by atoms with Gasteiger partial charge in [-0.2, -0.15) is 11.8 Å². The number of anilines is 1. The summed E-state index contributed by atoms with van der Waals surface area (Å²) < 4.78 is 5.76. The number of rotatable bonds is 10. The molecule has 0 aromatic carbocycles. The molecule has 2 fully saturated rings. The molecule has 242 valence electrons. The van der Waals surface area contributed by atoms with Gasteiger partial charge in [0, 0.05) is 50.9 Å². The molecule has 1 aromatic heterocycles. The lowest BCUT2D eigenvalue weighted by Gasteiger charge is -2.47. The molecule has 2 saturated heterocycles. The van der Waals surface area contributed by atoms with Crippen LogP contribution in [-0.2, 0) is 10.2 Å². The van der Waals surface area contributed by atoms with Gasteiger partial charge in [0.1, 0.15) is 22.8 Å². The summed E-state index contributed by atoms with van der Waals surface area (Å²) in [6.07, 6.45) is 5.61. The molecule has 0 radical (unpaired) electrons. The van der Waals surface area contributed by atoms with Crippen molar-refractivity contribution in [3.63, 3.8) is 0 Å². The standard InChI is InChI=1S/C31H53N7O4S/c1-21(2)18-38(26(39)24-17-34-27(30(3,4)5)35-25(24)32-13-11-15-43-9)23-16-22(37-14-10-12-33-28(37)40)19-36(20-23)29(41)42-31(6,7)8/h17,21-23H,10-16,18-20H2,1-9H3,(H,33,40)(H,32,34,35)/t22-,23+/m1/s1. The summed E-state index contributed by atoms with van der Waals surface area (Å²) in [5.74, 6) is 2.19. The van der Waals surface area contributed by atoms with Gasteiger partial charge in [0.2, 0.25) is 0 Å². The Balaban J connectivity index is 2.00. The summed E-state index contributed by atoms with van der Waals surface area (Å²) in [7, 11) is 0. The van der Waals surface area contributed by atoms with Crippen molar-refractivity contribution in [1.82, 2.24) is 30.0 Å². The van der Waals surface area contributed by atoms with E-state index in [-0.39, 0.29) is 35.4 Å². The van der Waals surface area contributed by atoms with Gasteiger partial charge in [-0.05, 0) is 58.0 Å². The van der Waals surface area contributed by atoms with Gasteiger partial charge in [0.05, 0.1) is 12.1 Å². The molecule has 0 saturated carbocycles. The van der Waals surface area contributed by atoms with E-state index in [9.17, 15) is 14.4 Å². The molecule has 2 aliphatic heterocycles. The third-order valence-electron chi connectivity index (χ3n) is 7.38. The molecule has 2 aliphatic rings. The number of likely N-dealkylation sites (tertiary alicyclic amines) is 1. The van der Waals surface area contributed by atoms with E-state index in [2.05, 4.69) is 56.5 Å². The lowest BCUT2D eigenvalue weighted by molar-refractivity contribution is -0.00446. The van der Waals surface area contributed by atoms with Gasteiger partial charge in [0.25, 0.3) is 5.91 Å². The molecule has 11 nitrogen and oxygen atoms in total. The van der Waals surface area contributed by atoms with Crippen LogP contribution in [0.3, 0.4) is 0 Å². The molecule has 3 heterocycles. The van der Waals surface area contributed by atoms with E-state index in [1.54, 1.807) is 22.9 Å². The minimum absolute atomic E-state index is 0.134. The quantitative estimate of drug-likeness (QED) is 0.358. The van der Waals surface area contributed by atoms with E-state index in [1.807, 2.05) is 30.6 Å². The van der Waals surface area contributed by atoms with Gasteiger partial charge in [-0.3, -0.25) is 4.79 Å². The highest BCUT2D eigenvalue weighted by molar-refractivity contribution is 7.98. The molecular weight excluding hydrogens is 566 g/mol. The molecule has 0 aliphatic carbocycles. The number of nitrogens with zero attached hydrogens (tertiary/aromatic N) is 5. The maximum atomic E-state index is 14.5. The Hall–Kier alpha value is -2.76. The van der Waals surface area contributed by atoms with Crippen LogP contribution in [0.5, 0.6) is 0 Å². The Bertz CT molecular complexity index is 1120. The summed E-state index contributed by atoms with van der Waals surface area (Å²) >= 11 is 1.78. The van der Waals surface area contributed by atoms with Crippen LogP contribution in [0.25, 0.3) is 0 Å². The van der Waals surface area contributed by atoms with E-state index < -0.39 is 11.7 Å². The molecule has 0 unspecified atom stereocenters. The average molecular weight is 620 g/mol. The van der Waals surface area contributed by atoms with Gasteiger partial charge < -0.3 is 30.1 Å². The molecule has 4 amide bonds. The summed E-state index contributed by atoms with van der Waals surface area (Å²) in [5, 5.41) is 6.35. The summed E-state index contributed by atoms with van der Waals surface area (Å²) in [4.78, 5) is 55.5. The number of aromatic nitrogens is 2. The van der Waals surface area contributed by atoms with E-state index in [0.717, 1.165) is 18.6 Å². The molecular formula is C31H53N7O4S. The number of hydrogen-bond acceptors (Lipinski definition) is 8. The second-order valence-corrected chi connectivity index (χ2v) is 15.0. The number of urea groups is 1. The van der Waals surface area contributed by atoms with Crippen molar-refractivity contribution < 1.29 is 19.1 Å². The maximum Gasteiger partial charge on any atom is 0.410 e. The molecule has 12 heteroatoms. The number of ether oxygens (including phenoxy) is 1. The van der Waals surface area contributed by atoms with E-state index in [1.165, 1.54) is 0 Å². The second-order valence-electron chi connectivity index (χ2n) is 14.0. The van der Waals surface area contributed by atoms with Crippen LogP contribution in [0.4, 0.5) is 15.4 Å². The van der Waals surface area contributed by atoms with Crippen molar-refractivity contribution in [2.45, 2.75) is 97.8 Å². The Morgan fingerprint density at radius 2 is 1.93 bits per heavy atom. The van der Waals surface area contributed by atoms with Gasteiger partial charge in [0.15, 0.2) is 0 Å². The highest BCUT2D eigenvalue weighted by atomic mass is 32.2. The molecule has 0 spiro atoms. The predicted molar refractivity (Wildman–Crippen MR) is 173 cm³/mol. The Kier molecular flexibility index (Phi) is 12.0. The minimum Gasteiger partial charge on any atom is -0.444 e. The van der Waals surface area contributed by atoms with Crippen molar-refractivity contribution in [3.8, 4) is 0 Å². The third kappa shape index (κ3) is 9.87. The van der Waals surface area contributed by atoms with Crippen molar-refractivity contribution >= 4 is 35.6 Å². The zero-order valence-electron chi connectivity index (χ0n) is 27.7. The lowest BCUT2D eigenvalue weighted by Crippen LogP contribution is -2.63. The minimum atomic E-state index is -0.668. The van der Waals surface area contributed by atoms with Crippen LogP contribution in [0.2, 0.25) is 0 Å². The van der Waals surface area contributed by atoms with Crippen molar-refractivity contribution in [2.75, 3.05) is 56.6 Å². The largest absolute Gasteiger partial charge is 0.444 e. The number of hydrogen-bond donors (Lipinski definition) is 2. The van der Waals surface area contributed by atoms with Crippen molar-refractivity contribution in [1.29, 1.82) is 0 Å². The number of piperidine rings is 1. The lowest BCUT2D eigenvalue weighted by atomic mass is 9.95. The Morgan fingerprint density at radius 3 is 2.53 bits per heavy atom. The monoisotopic (exact) mass is 619 g/mol. The van der Waals surface area contributed by atoms with Crippen LogP contribution in [-0.4, -0.2) is 112 Å². The number of carbonyl (C=O) groups excluding carboxylic acids is 3. The molecule has 3 rings (SSSR count). The molecule has 2 atom stereocenters. The highest BCUT2D eigenvalue weighted by Crippen LogP contribution is 2.28. The van der Waals surface area contributed by atoms with Crippen molar-refractivity contribution in [2.24, 2.45) is 5.92 Å². The SMILES string of the molecule is CSCCCNc1nc(C(C)(C)C)ncc1C(=O)N(CC(C)C)[C@H]1C[C@@H](N2CCCNC2=O)CN(C(=O)OC(C)(C)C)C1. The first-order valence-corrected chi connectivity index (χ1v) is 16.9. The second kappa shape index (κ2) is 14.8. The summed E-state index contributed by atoms with van der Waals surface area (Å²) in [5.41, 5.74) is -0.535. The van der Waals surface area contributed by atoms with Gasteiger partial charge in [-0.15, -0.1) is 0 Å². The first-order valence-electron chi connectivity index (χ1n) is 15.5. The molecule has 0 bridgehead atoms. The summed E-state index contributed by atoms with van der Waals surface area (Å²) in [6.45, 7) is 18.9. The smallest absolute Gasteiger partial charge is 0.410 e. The molecule has 43 heavy (non-hydrogen) atoms. The fraction of sp³-hybridized carbons (Fsp3) is 0.774. The molecule has 2 N–H and O–H groups in total. The Morgan fingerprint density at radius 1 is 1.21 bits per heavy atom. The van der Waals surface area contributed by atoms with Crippen LogP contribution in [0.1, 0.15) is 90.8 Å². The van der Waals surface area contributed by atoms with Gasteiger partial charge >= 0.3 is 12.1 Å². The number of carbonyl (C=O) groups is 3. The van der Waals surface area contributed by atoms with Crippen LogP contribution in [0, 0.1) is 5.92 Å². The van der Waals surface area contributed by atoms with E-state index in [4.69, 9.17) is 9.72 Å². The first kappa shape index (κ1) is 34.7. The average Bonchev–Trinajstić information content (AvgIpc) is 2.92. The highest BCUT2D eigenvalue weighted by Gasteiger charge is 2.41. The van der Waals surface area contributed by atoms with E-state index >= 15 is 0 Å².